The summed E-state index contributed by atoms with van der Waals surface area (Å²) in [4.78, 5) is 4.07. The maximum atomic E-state index is 4.07. The summed E-state index contributed by atoms with van der Waals surface area (Å²) in [6.45, 7) is 5.73. The van der Waals surface area contributed by atoms with Gasteiger partial charge in [0.25, 0.3) is 0 Å². The van der Waals surface area contributed by atoms with E-state index in [-0.39, 0.29) is 0 Å². The second-order valence-electron chi connectivity index (χ2n) is 2.15. The Morgan fingerprint density at radius 1 is 1.75 bits per heavy atom. The van der Waals surface area contributed by atoms with Gasteiger partial charge in [0.05, 0.1) is 0 Å². The van der Waals surface area contributed by atoms with Gasteiger partial charge in [0.15, 0.2) is 0 Å². The lowest BCUT2D eigenvalue weighted by Gasteiger charge is -1.89. The molecule has 1 nitrogen and oxygen atoms in total. The molecule has 1 heteroatoms. The summed E-state index contributed by atoms with van der Waals surface area (Å²) in [6, 6.07) is 0. The summed E-state index contributed by atoms with van der Waals surface area (Å²) >= 11 is 0. The van der Waals surface area contributed by atoms with E-state index in [0.717, 1.165) is 11.6 Å². The third-order valence-electron chi connectivity index (χ3n) is 1.34. The summed E-state index contributed by atoms with van der Waals surface area (Å²) in [5.74, 6) is 0.728. The molecule has 0 aliphatic heterocycles. The SMILES string of the molecule is C=C(N=CC)C1CC1. The van der Waals surface area contributed by atoms with E-state index < -0.39 is 0 Å². The minimum Gasteiger partial charge on any atom is -0.266 e. The van der Waals surface area contributed by atoms with Gasteiger partial charge in [0.2, 0.25) is 0 Å². The van der Waals surface area contributed by atoms with E-state index in [9.17, 15) is 0 Å². The van der Waals surface area contributed by atoms with Crippen LogP contribution >= 0.6 is 0 Å². The number of rotatable bonds is 2. The first kappa shape index (κ1) is 5.54. The monoisotopic (exact) mass is 109 g/mol. The summed E-state index contributed by atoms with van der Waals surface area (Å²) in [5, 5.41) is 0. The Morgan fingerprint density at radius 3 is 2.75 bits per heavy atom. The van der Waals surface area contributed by atoms with Crippen LogP contribution in [0.1, 0.15) is 19.8 Å². The molecule has 8 heavy (non-hydrogen) atoms. The quantitative estimate of drug-likeness (QED) is 0.481. The fourth-order valence-electron chi connectivity index (χ4n) is 0.688. The fourth-order valence-corrected chi connectivity index (χ4v) is 0.688. The molecule has 0 heterocycles. The minimum absolute atomic E-state index is 0.728. The molecule has 0 spiro atoms. The third-order valence-corrected chi connectivity index (χ3v) is 1.34. The first-order valence-electron chi connectivity index (χ1n) is 3.02. The van der Waals surface area contributed by atoms with Crippen LogP contribution in [0.3, 0.4) is 0 Å². The van der Waals surface area contributed by atoms with Crippen LogP contribution in [0.5, 0.6) is 0 Å². The maximum absolute atomic E-state index is 4.07. The van der Waals surface area contributed by atoms with Gasteiger partial charge in [-0.15, -0.1) is 0 Å². The van der Waals surface area contributed by atoms with Crippen molar-refractivity contribution in [1.29, 1.82) is 0 Å². The van der Waals surface area contributed by atoms with Crippen molar-refractivity contribution in [2.45, 2.75) is 19.8 Å². The molecule has 0 aromatic rings. The highest BCUT2D eigenvalue weighted by Crippen LogP contribution is 2.35. The first-order chi connectivity index (χ1) is 3.84. The smallest absolute Gasteiger partial charge is 0.0358 e. The van der Waals surface area contributed by atoms with Gasteiger partial charge in [-0.1, -0.05) is 6.58 Å². The van der Waals surface area contributed by atoms with E-state index in [1.54, 1.807) is 6.21 Å². The van der Waals surface area contributed by atoms with E-state index in [0.29, 0.717) is 0 Å². The van der Waals surface area contributed by atoms with Gasteiger partial charge in [0, 0.05) is 17.8 Å². The molecule has 0 saturated heterocycles. The molecule has 1 aliphatic carbocycles. The van der Waals surface area contributed by atoms with Crippen molar-refractivity contribution >= 4 is 6.21 Å². The second-order valence-corrected chi connectivity index (χ2v) is 2.15. The van der Waals surface area contributed by atoms with Crippen molar-refractivity contribution in [2.75, 3.05) is 0 Å². The number of aliphatic imine (C=N–C) groups is 1. The van der Waals surface area contributed by atoms with Crippen LogP contribution in [-0.4, -0.2) is 6.21 Å². The molecule has 0 amide bonds. The van der Waals surface area contributed by atoms with Gasteiger partial charge < -0.3 is 0 Å². The van der Waals surface area contributed by atoms with E-state index in [1.807, 2.05) is 6.92 Å². The Kier molecular flexibility index (Phi) is 1.47. The van der Waals surface area contributed by atoms with E-state index in [4.69, 9.17) is 0 Å². The molecule has 0 aromatic carbocycles. The Balaban J connectivity index is 2.33. The van der Waals surface area contributed by atoms with Crippen LogP contribution in [0.15, 0.2) is 17.3 Å². The fraction of sp³-hybridized carbons (Fsp3) is 0.571. The van der Waals surface area contributed by atoms with Crippen molar-refractivity contribution in [3.63, 3.8) is 0 Å². The van der Waals surface area contributed by atoms with Gasteiger partial charge in [-0.3, -0.25) is 4.99 Å². The average molecular weight is 109 g/mol. The van der Waals surface area contributed by atoms with Crippen LogP contribution in [-0.2, 0) is 0 Å². The second kappa shape index (κ2) is 2.12. The van der Waals surface area contributed by atoms with Crippen LogP contribution in [0.4, 0.5) is 0 Å². The van der Waals surface area contributed by atoms with Crippen LogP contribution in [0, 0.1) is 5.92 Å². The van der Waals surface area contributed by atoms with Crippen LogP contribution in [0.25, 0.3) is 0 Å². The number of hydrogen-bond acceptors (Lipinski definition) is 1. The van der Waals surface area contributed by atoms with E-state index in [2.05, 4.69) is 11.6 Å². The normalized spacial score (nSPS) is 19.6. The summed E-state index contributed by atoms with van der Waals surface area (Å²) in [5.41, 5.74) is 1.06. The zero-order valence-electron chi connectivity index (χ0n) is 5.22. The molecule has 0 radical (unpaired) electrons. The van der Waals surface area contributed by atoms with Crippen molar-refractivity contribution < 1.29 is 0 Å². The topological polar surface area (TPSA) is 12.4 Å². The zero-order valence-corrected chi connectivity index (χ0v) is 5.22. The lowest BCUT2D eigenvalue weighted by Crippen LogP contribution is -1.75. The van der Waals surface area contributed by atoms with Gasteiger partial charge in [-0.25, -0.2) is 0 Å². The molecule has 1 fully saturated rings. The zero-order chi connectivity index (χ0) is 5.98. The predicted molar refractivity (Wildman–Crippen MR) is 36.0 cm³/mol. The number of hydrogen-bond donors (Lipinski definition) is 0. The predicted octanol–water partition coefficient (Wildman–Crippen LogP) is 2.00. The highest BCUT2D eigenvalue weighted by molar-refractivity contribution is 5.55. The molecule has 1 aliphatic rings. The molecule has 0 atom stereocenters. The Bertz CT molecular complexity index is 120. The van der Waals surface area contributed by atoms with Crippen molar-refractivity contribution in [3.8, 4) is 0 Å². The average Bonchev–Trinajstić information content (AvgIpc) is 2.45. The molecule has 0 unspecified atom stereocenters. The van der Waals surface area contributed by atoms with Crippen molar-refractivity contribution in [2.24, 2.45) is 10.9 Å². The lowest BCUT2D eigenvalue weighted by molar-refractivity contribution is 0.992. The molecular weight excluding hydrogens is 98.1 g/mol. The van der Waals surface area contributed by atoms with Gasteiger partial charge >= 0.3 is 0 Å². The molecule has 0 aromatic heterocycles. The van der Waals surface area contributed by atoms with Gasteiger partial charge in [-0.2, -0.15) is 0 Å². The third kappa shape index (κ3) is 1.19. The summed E-state index contributed by atoms with van der Waals surface area (Å²) in [6.07, 6.45) is 4.41. The first-order valence-corrected chi connectivity index (χ1v) is 3.02. The molecule has 0 bridgehead atoms. The van der Waals surface area contributed by atoms with E-state index in [1.165, 1.54) is 12.8 Å². The molecular formula is C7H11N. The Morgan fingerprint density at radius 2 is 2.38 bits per heavy atom. The summed E-state index contributed by atoms with van der Waals surface area (Å²) < 4.78 is 0. The molecule has 44 valence electrons. The minimum atomic E-state index is 0.728. The highest BCUT2D eigenvalue weighted by Gasteiger charge is 2.23. The van der Waals surface area contributed by atoms with Gasteiger partial charge in [-0.05, 0) is 19.8 Å². The van der Waals surface area contributed by atoms with E-state index >= 15 is 0 Å². The number of nitrogens with zero attached hydrogens (tertiary/aromatic N) is 1. The molecule has 0 N–H and O–H groups in total. The van der Waals surface area contributed by atoms with Crippen molar-refractivity contribution in [1.82, 2.24) is 0 Å². The summed E-state index contributed by atoms with van der Waals surface area (Å²) in [7, 11) is 0. The Labute approximate surface area is 50.1 Å². The largest absolute Gasteiger partial charge is 0.266 e. The standard InChI is InChI=1S/C7H11N/c1-3-8-6(2)7-4-5-7/h3,7H,2,4-5H2,1H3. The molecule has 1 rings (SSSR count). The molecule has 1 saturated carbocycles. The van der Waals surface area contributed by atoms with Gasteiger partial charge in [0.1, 0.15) is 0 Å². The number of allylic oxidation sites excluding steroid dienone is 1. The van der Waals surface area contributed by atoms with Crippen LogP contribution < -0.4 is 0 Å². The highest BCUT2D eigenvalue weighted by atomic mass is 14.7. The lowest BCUT2D eigenvalue weighted by atomic mass is 10.3. The maximum Gasteiger partial charge on any atom is 0.0358 e. The van der Waals surface area contributed by atoms with Crippen molar-refractivity contribution in [3.05, 3.63) is 12.3 Å². The van der Waals surface area contributed by atoms with Crippen LogP contribution in [0.2, 0.25) is 0 Å². The Hall–Kier alpha value is -0.590.